The molecule has 2 aromatic rings. The maximum absolute atomic E-state index is 12.6. The second-order valence-corrected chi connectivity index (χ2v) is 6.32. The summed E-state index contributed by atoms with van der Waals surface area (Å²) in [5.74, 6) is -0.0966. The van der Waals surface area contributed by atoms with Crippen LogP contribution in [0.3, 0.4) is 0 Å². The van der Waals surface area contributed by atoms with Crippen LogP contribution in [-0.2, 0) is 12.8 Å². The van der Waals surface area contributed by atoms with Crippen molar-refractivity contribution in [3.8, 4) is 5.75 Å². The van der Waals surface area contributed by atoms with Gasteiger partial charge in [-0.1, -0.05) is 31.9 Å². The Bertz CT molecular complexity index is 802. The first kappa shape index (κ1) is 21.5. The van der Waals surface area contributed by atoms with Crippen molar-refractivity contribution in [1.82, 2.24) is 5.32 Å². The van der Waals surface area contributed by atoms with Crippen LogP contribution in [-0.4, -0.2) is 18.7 Å². The fourth-order valence-electron chi connectivity index (χ4n) is 2.55. The molecule has 0 aliphatic heterocycles. The van der Waals surface area contributed by atoms with Crippen LogP contribution >= 0.6 is 0 Å². The molecule has 0 atom stereocenters. The van der Waals surface area contributed by atoms with E-state index in [0.29, 0.717) is 24.0 Å². The van der Waals surface area contributed by atoms with Crippen LogP contribution < -0.4 is 10.1 Å². The Morgan fingerprint density at radius 2 is 1.82 bits per heavy atom. The number of nitrogens with one attached hydrogen (secondary N) is 1. The molecule has 0 spiro atoms. The number of rotatable bonds is 9. The van der Waals surface area contributed by atoms with Gasteiger partial charge in [-0.25, -0.2) is 0 Å². The molecule has 28 heavy (non-hydrogen) atoms. The summed E-state index contributed by atoms with van der Waals surface area (Å²) in [6.07, 6.45) is -0.901. The average Bonchev–Trinajstić information content (AvgIpc) is 2.69. The summed E-state index contributed by atoms with van der Waals surface area (Å²) >= 11 is 0. The van der Waals surface area contributed by atoms with Gasteiger partial charge in [-0.2, -0.15) is 13.2 Å². The Kier molecular flexibility index (Phi) is 7.61. The molecule has 2 rings (SSSR count). The van der Waals surface area contributed by atoms with Gasteiger partial charge in [-0.3, -0.25) is 9.59 Å². The lowest BCUT2D eigenvalue weighted by Crippen LogP contribution is -2.25. The van der Waals surface area contributed by atoms with Crippen LogP contribution in [0.5, 0.6) is 5.75 Å². The fourth-order valence-corrected chi connectivity index (χ4v) is 2.55. The molecule has 2 aromatic carbocycles. The monoisotopic (exact) mass is 393 g/mol. The quantitative estimate of drug-likeness (QED) is 0.481. The minimum atomic E-state index is -4.40. The van der Waals surface area contributed by atoms with Crippen molar-refractivity contribution in [3.63, 3.8) is 0 Å². The standard InChI is InChI=1S/C21H22F3NO3/c1-2-3-4-11-25-20(27)18-12-16(13-26)7-10-19(18)28-14-15-5-8-17(9-6-15)21(22,23)24/h5-10,12-13H,2-4,11,14H2,1H3,(H,25,27). The molecule has 0 radical (unpaired) electrons. The number of hydrogen-bond acceptors (Lipinski definition) is 3. The lowest BCUT2D eigenvalue weighted by Gasteiger charge is -2.13. The molecule has 0 heterocycles. The summed E-state index contributed by atoms with van der Waals surface area (Å²) in [4.78, 5) is 23.5. The molecule has 0 unspecified atom stereocenters. The number of benzene rings is 2. The number of alkyl halides is 3. The van der Waals surface area contributed by atoms with Crippen molar-refractivity contribution in [2.75, 3.05) is 6.54 Å². The lowest BCUT2D eigenvalue weighted by atomic mass is 10.1. The van der Waals surface area contributed by atoms with Gasteiger partial charge >= 0.3 is 6.18 Å². The average molecular weight is 393 g/mol. The van der Waals surface area contributed by atoms with Crippen LogP contribution in [0.1, 0.15) is 58.0 Å². The summed E-state index contributed by atoms with van der Waals surface area (Å²) in [5, 5.41) is 2.79. The lowest BCUT2D eigenvalue weighted by molar-refractivity contribution is -0.137. The predicted octanol–water partition coefficient (Wildman–Crippen LogP) is 5.02. The van der Waals surface area contributed by atoms with E-state index in [4.69, 9.17) is 4.74 Å². The van der Waals surface area contributed by atoms with Gasteiger partial charge in [-0.05, 0) is 42.3 Å². The molecule has 0 fully saturated rings. The zero-order valence-electron chi connectivity index (χ0n) is 15.5. The molecule has 1 N–H and O–H groups in total. The predicted molar refractivity (Wildman–Crippen MR) is 99.5 cm³/mol. The Balaban J connectivity index is 2.09. The van der Waals surface area contributed by atoms with E-state index in [1.165, 1.54) is 30.3 Å². The maximum Gasteiger partial charge on any atom is 0.416 e. The molecule has 1 amide bonds. The van der Waals surface area contributed by atoms with Crippen molar-refractivity contribution < 1.29 is 27.5 Å². The Labute approximate surface area is 161 Å². The number of halogens is 3. The normalized spacial score (nSPS) is 11.1. The molecule has 7 heteroatoms. The van der Waals surface area contributed by atoms with Gasteiger partial charge in [0.1, 0.15) is 18.6 Å². The highest BCUT2D eigenvalue weighted by Gasteiger charge is 2.29. The third kappa shape index (κ3) is 6.11. The molecule has 0 aliphatic rings. The van der Waals surface area contributed by atoms with E-state index < -0.39 is 11.7 Å². The SMILES string of the molecule is CCCCCNC(=O)c1cc(C=O)ccc1OCc1ccc(C(F)(F)F)cc1. The number of carbonyl (C=O) groups is 2. The summed E-state index contributed by atoms with van der Waals surface area (Å²) in [6.45, 7) is 2.56. The fraction of sp³-hybridized carbons (Fsp3) is 0.333. The maximum atomic E-state index is 12.6. The van der Waals surface area contributed by atoms with Gasteiger partial charge in [-0.15, -0.1) is 0 Å². The van der Waals surface area contributed by atoms with Gasteiger partial charge in [0.25, 0.3) is 5.91 Å². The highest BCUT2D eigenvalue weighted by molar-refractivity contribution is 5.98. The number of carbonyl (C=O) groups excluding carboxylic acids is 2. The third-order valence-electron chi connectivity index (χ3n) is 4.13. The van der Waals surface area contributed by atoms with Gasteiger partial charge in [0.15, 0.2) is 0 Å². The Morgan fingerprint density at radius 1 is 1.11 bits per heavy atom. The summed E-state index contributed by atoms with van der Waals surface area (Å²) in [5.41, 5.74) is 0.342. The summed E-state index contributed by atoms with van der Waals surface area (Å²) in [6, 6.07) is 9.08. The van der Waals surface area contributed by atoms with E-state index in [9.17, 15) is 22.8 Å². The van der Waals surface area contributed by atoms with Crippen LogP contribution in [0.15, 0.2) is 42.5 Å². The first-order valence-corrected chi connectivity index (χ1v) is 9.01. The Hall–Kier alpha value is -2.83. The van der Waals surface area contributed by atoms with Gasteiger partial charge in [0.2, 0.25) is 0 Å². The van der Waals surface area contributed by atoms with Gasteiger partial charge < -0.3 is 10.1 Å². The van der Waals surface area contributed by atoms with Crippen LogP contribution in [0.4, 0.5) is 13.2 Å². The van der Waals surface area contributed by atoms with Crippen molar-refractivity contribution in [1.29, 1.82) is 0 Å². The van der Waals surface area contributed by atoms with E-state index in [-0.39, 0.29) is 23.8 Å². The van der Waals surface area contributed by atoms with Gasteiger partial charge in [0, 0.05) is 12.1 Å². The molecule has 0 saturated carbocycles. The molecular formula is C21H22F3NO3. The van der Waals surface area contributed by atoms with Crippen LogP contribution in [0.25, 0.3) is 0 Å². The molecular weight excluding hydrogens is 371 g/mol. The zero-order chi connectivity index (χ0) is 20.6. The second-order valence-electron chi connectivity index (χ2n) is 6.32. The topological polar surface area (TPSA) is 55.4 Å². The molecule has 0 saturated heterocycles. The van der Waals surface area contributed by atoms with Crippen molar-refractivity contribution >= 4 is 12.2 Å². The first-order valence-electron chi connectivity index (χ1n) is 9.01. The van der Waals surface area contributed by atoms with E-state index in [2.05, 4.69) is 12.2 Å². The third-order valence-corrected chi connectivity index (χ3v) is 4.13. The molecule has 150 valence electrons. The van der Waals surface area contributed by atoms with Crippen LogP contribution in [0.2, 0.25) is 0 Å². The van der Waals surface area contributed by atoms with E-state index in [0.717, 1.165) is 31.4 Å². The molecule has 0 aliphatic carbocycles. The van der Waals surface area contributed by atoms with Crippen molar-refractivity contribution in [2.45, 2.75) is 39.0 Å². The molecule has 4 nitrogen and oxygen atoms in total. The highest BCUT2D eigenvalue weighted by atomic mass is 19.4. The van der Waals surface area contributed by atoms with Crippen molar-refractivity contribution in [3.05, 3.63) is 64.7 Å². The largest absolute Gasteiger partial charge is 0.488 e. The summed E-state index contributed by atoms with van der Waals surface area (Å²) < 4.78 is 43.5. The molecule has 0 bridgehead atoms. The second kappa shape index (κ2) is 9.92. The number of hydrogen-bond donors (Lipinski definition) is 1. The minimum Gasteiger partial charge on any atom is -0.488 e. The first-order chi connectivity index (χ1) is 13.3. The molecule has 0 aromatic heterocycles. The summed E-state index contributed by atoms with van der Waals surface area (Å²) in [7, 11) is 0. The number of aldehydes is 1. The van der Waals surface area contributed by atoms with E-state index >= 15 is 0 Å². The van der Waals surface area contributed by atoms with E-state index in [1.54, 1.807) is 0 Å². The van der Waals surface area contributed by atoms with E-state index in [1.807, 2.05) is 0 Å². The van der Waals surface area contributed by atoms with Crippen molar-refractivity contribution in [2.24, 2.45) is 0 Å². The number of unbranched alkanes of at least 4 members (excludes halogenated alkanes) is 2. The minimum absolute atomic E-state index is 0.00527. The van der Waals surface area contributed by atoms with Gasteiger partial charge in [0.05, 0.1) is 11.1 Å². The number of amides is 1. The van der Waals surface area contributed by atoms with Crippen LogP contribution in [0, 0.1) is 0 Å². The highest BCUT2D eigenvalue weighted by Crippen LogP contribution is 2.29. The zero-order valence-corrected chi connectivity index (χ0v) is 15.5. The number of ether oxygens (including phenoxy) is 1. The smallest absolute Gasteiger partial charge is 0.416 e. The Morgan fingerprint density at radius 3 is 2.43 bits per heavy atom.